The first-order valence-electron chi connectivity index (χ1n) is 20.1. The van der Waals surface area contributed by atoms with Crippen molar-refractivity contribution in [3.05, 3.63) is 87.8 Å². The quantitative estimate of drug-likeness (QED) is 0.187. The molecule has 4 aromatic heterocycles. The smallest absolute Gasteiger partial charge is 0.324 e. The monoisotopic (exact) mass is 789 g/mol. The van der Waals surface area contributed by atoms with E-state index in [0.717, 1.165) is 67.5 Å². The van der Waals surface area contributed by atoms with Crippen LogP contribution in [0.4, 0.5) is 0 Å². The molecule has 0 radical (unpaired) electrons. The van der Waals surface area contributed by atoms with E-state index >= 15 is 0 Å². The second kappa shape index (κ2) is 16.1. The highest BCUT2D eigenvalue weighted by Crippen LogP contribution is 2.42. The molecule has 4 atom stereocenters. The van der Waals surface area contributed by atoms with Gasteiger partial charge in [0.25, 0.3) is 5.91 Å². The standard InChI is InChI=1S/C44H51N7O5S/c1-6-50-37-16-14-28-21-31(37)32(40(50)30-11-8-18-46-39(30)26(2)55-5)23-44(3,4)25-56-43(54)34-12-9-19-51(49-34)42(53)35(22-38-47-36(28)24-57-38)48-41(52)29-13-15-33-27(20-29)10-7-17-45-33/h7-8,10-11,14,16-18,21,24,26,29,34-35,49H,6,9,12-13,15,19-20,22-23,25H2,1-5H3,(H,48,52)/t26-,29-,34-,35-/m0/s1. The van der Waals surface area contributed by atoms with Crippen molar-refractivity contribution in [3.63, 3.8) is 0 Å². The number of hydrazine groups is 1. The fourth-order valence-corrected chi connectivity index (χ4v) is 9.49. The van der Waals surface area contributed by atoms with Gasteiger partial charge in [0, 0.05) is 83.5 Å². The third kappa shape index (κ3) is 7.84. The summed E-state index contributed by atoms with van der Waals surface area (Å²) in [6, 6.07) is 12.9. The van der Waals surface area contributed by atoms with Crippen molar-refractivity contribution >= 4 is 40.0 Å². The average molecular weight is 790 g/mol. The molecule has 0 saturated carbocycles. The maximum Gasteiger partial charge on any atom is 0.324 e. The summed E-state index contributed by atoms with van der Waals surface area (Å²) in [5.41, 5.74) is 11.7. The van der Waals surface area contributed by atoms with Crippen molar-refractivity contribution in [1.82, 2.24) is 35.3 Å². The molecular formula is C44H51N7O5S. The molecule has 5 aromatic rings. The first-order valence-corrected chi connectivity index (χ1v) is 21.0. The first-order chi connectivity index (χ1) is 27.5. The minimum Gasteiger partial charge on any atom is -0.464 e. The maximum absolute atomic E-state index is 14.3. The number of hydrogen-bond donors (Lipinski definition) is 2. The molecular weight excluding hydrogens is 739 g/mol. The number of nitrogens with zero attached hydrogens (tertiary/aromatic N) is 5. The summed E-state index contributed by atoms with van der Waals surface area (Å²) in [5, 5.41) is 8.47. The average Bonchev–Trinajstić information content (AvgIpc) is 3.83. The lowest BCUT2D eigenvalue weighted by molar-refractivity contribution is -0.155. The Hall–Kier alpha value is -4.98. The Kier molecular flexibility index (Phi) is 11.0. The minimum absolute atomic E-state index is 0.164. The number of carbonyl (C=O) groups excluding carboxylic acids is 3. The van der Waals surface area contributed by atoms with Crippen molar-refractivity contribution in [2.45, 2.75) is 97.4 Å². The van der Waals surface area contributed by atoms with Gasteiger partial charge in [-0.15, -0.1) is 11.3 Å². The van der Waals surface area contributed by atoms with Gasteiger partial charge in [0.05, 0.1) is 34.8 Å². The van der Waals surface area contributed by atoms with Gasteiger partial charge in [-0.25, -0.2) is 10.4 Å². The number of aromatic nitrogens is 4. The van der Waals surface area contributed by atoms with Crippen LogP contribution >= 0.6 is 11.3 Å². The Morgan fingerprint density at radius 1 is 1.12 bits per heavy atom. The van der Waals surface area contributed by atoms with Crippen molar-refractivity contribution in [2.24, 2.45) is 11.3 Å². The maximum atomic E-state index is 14.3. The zero-order valence-electron chi connectivity index (χ0n) is 33.3. The molecule has 3 aliphatic rings. The van der Waals surface area contributed by atoms with E-state index in [4.69, 9.17) is 19.4 Å². The van der Waals surface area contributed by atoms with Gasteiger partial charge >= 0.3 is 5.97 Å². The van der Waals surface area contributed by atoms with Crippen molar-refractivity contribution in [2.75, 3.05) is 20.3 Å². The molecule has 1 aromatic carbocycles. The van der Waals surface area contributed by atoms with Gasteiger partial charge in [0.15, 0.2) is 0 Å². The second-order valence-electron chi connectivity index (χ2n) is 16.3. The third-order valence-corrected chi connectivity index (χ3v) is 12.6. The number of fused-ring (bicyclic) bond motifs is 7. The molecule has 0 unspecified atom stereocenters. The van der Waals surface area contributed by atoms with E-state index in [0.29, 0.717) is 45.1 Å². The van der Waals surface area contributed by atoms with Crippen LogP contribution in [0.1, 0.15) is 80.6 Å². The number of pyridine rings is 2. The van der Waals surface area contributed by atoms with Gasteiger partial charge in [-0.2, -0.15) is 0 Å². The van der Waals surface area contributed by atoms with E-state index in [1.165, 1.54) is 16.3 Å². The van der Waals surface area contributed by atoms with E-state index in [2.05, 4.69) is 65.3 Å². The molecule has 6 heterocycles. The number of thiazole rings is 1. The number of hydrogen-bond acceptors (Lipinski definition) is 10. The van der Waals surface area contributed by atoms with E-state index in [1.54, 1.807) is 19.5 Å². The highest BCUT2D eigenvalue weighted by molar-refractivity contribution is 7.10. The molecule has 2 amide bonds. The molecule has 1 saturated heterocycles. The van der Waals surface area contributed by atoms with Gasteiger partial charge in [-0.3, -0.25) is 29.4 Å². The van der Waals surface area contributed by atoms with Gasteiger partial charge in [0.1, 0.15) is 12.1 Å². The van der Waals surface area contributed by atoms with E-state index in [-0.39, 0.29) is 36.9 Å². The van der Waals surface area contributed by atoms with Gasteiger partial charge < -0.3 is 19.4 Å². The highest BCUT2D eigenvalue weighted by Gasteiger charge is 2.37. The van der Waals surface area contributed by atoms with Crippen LogP contribution in [0.2, 0.25) is 0 Å². The second-order valence-corrected chi connectivity index (χ2v) is 17.3. The number of amides is 2. The number of aryl methyl sites for hydroxylation is 2. The van der Waals surface area contributed by atoms with Crippen LogP contribution in [0.3, 0.4) is 0 Å². The van der Waals surface area contributed by atoms with Crippen LogP contribution in [-0.4, -0.2) is 74.7 Å². The van der Waals surface area contributed by atoms with Crippen molar-refractivity contribution in [3.8, 4) is 22.5 Å². The first kappa shape index (κ1) is 38.9. The molecule has 2 aliphatic heterocycles. The summed E-state index contributed by atoms with van der Waals surface area (Å²) in [6.45, 7) is 9.72. The Bertz CT molecular complexity index is 2320. The topological polar surface area (TPSA) is 141 Å². The van der Waals surface area contributed by atoms with E-state index in [9.17, 15) is 14.4 Å². The summed E-state index contributed by atoms with van der Waals surface area (Å²) >= 11 is 1.48. The lowest BCUT2D eigenvalue weighted by atomic mass is 9.84. The predicted molar refractivity (Wildman–Crippen MR) is 219 cm³/mol. The predicted octanol–water partition coefficient (Wildman–Crippen LogP) is 6.40. The molecule has 13 heteroatoms. The van der Waals surface area contributed by atoms with Crippen LogP contribution in [0.15, 0.2) is 60.2 Å². The molecule has 57 heavy (non-hydrogen) atoms. The summed E-state index contributed by atoms with van der Waals surface area (Å²) in [6.07, 6.45) is 7.28. The molecule has 12 nitrogen and oxygen atoms in total. The Morgan fingerprint density at radius 2 is 1.95 bits per heavy atom. The summed E-state index contributed by atoms with van der Waals surface area (Å²) in [4.78, 5) is 56.4. The summed E-state index contributed by atoms with van der Waals surface area (Å²) in [5.74, 6) is -1.14. The minimum atomic E-state index is -0.884. The van der Waals surface area contributed by atoms with Crippen molar-refractivity contribution < 1.29 is 23.9 Å². The van der Waals surface area contributed by atoms with E-state index in [1.807, 2.05) is 30.5 Å². The van der Waals surface area contributed by atoms with Crippen LogP contribution in [-0.2, 0) is 56.1 Å². The van der Waals surface area contributed by atoms with Crippen molar-refractivity contribution in [1.29, 1.82) is 0 Å². The van der Waals surface area contributed by atoms with Crippen LogP contribution in [0.5, 0.6) is 0 Å². The normalized spacial score (nSPS) is 21.7. The van der Waals surface area contributed by atoms with Gasteiger partial charge in [-0.05, 0) is 93.8 Å². The lowest BCUT2D eigenvalue weighted by Crippen LogP contribution is -2.61. The zero-order valence-corrected chi connectivity index (χ0v) is 34.2. The highest BCUT2D eigenvalue weighted by atomic mass is 32.1. The number of benzene rings is 1. The lowest BCUT2D eigenvalue weighted by Gasteiger charge is -2.36. The number of methoxy groups -OCH3 is 1. The van der Waals surface area contributed by atoms with Crippen LogP contribution < -0.4 is 10.7 Å². The summed E-state index contributed by atoms with van der Waals surface area (Å²) < 4.78 is 14.2. The van der Waals surface area contributed by atoms with Gasteiger partial charge in [-0.1, -0.05) is 26.0 Å². The summed E-state index contributed by atoms with van der Waals surface area (Å²) in [7, 11) is 1.70. The molecule has 8 rings (SSSR count). The third-order valence-electron chi connectivity index (χ3n) is 11.7. The zero-order chi connectivity index (χ0) is 39.8. The Morgan fingerprint density at radius 3 is 2.77 bits per heavy atom. The number of nitrogens with one attached hydrogen (secondary N) is 2. The largest absolute Gasteiger partial charge is 0.464 e. The number of carbonyl (C=O) groups is 3. The Balaban J connectivity index is 1.20. The van der Waals surface area contributed by atoms with Crippen LogP contribution in [0.25, 0.3) is 33.4 Å². The molecule has 2 N–H and O–H groups in total. The fraction of sp³-hybridized carbons (Fsp3) is 0.455. The number of rotatable bonds is 6. The molecule has 1 aliphatic carbocycles. The number of ether oxygens (including phenoxy) is 2. The number of esters is 1. The molecule has 0 spiro atoms. The molecule has 6 bridgehead atoms. The SMILES string of the molecule is CCn1c(-c2cccnc2[C@H](C)OC)c2c3cc(ccc31)-c1csc(n1)C[C@H](NC(=O)[C@H]1CCc3ncccc3C1)C(=O)N1CCC[C@H](N1)C(=O)OCC(C)(C)C2. The Labute approximate surface area is 337 Å². The molecule has 298 valence electrons. The molecule has 1 fully saturated rings. The fourth-order valence-electron chi connectivity index (χ4n) is 8.64. The van der Waals surface area contributed by atoms with Crippen LogP contribution in [0, 0.1) is 11.3 Å². The number of cyclic esters (lactones) is 1. The van der Waals surface area contributed by atoms with Gasteiger partial charge in [0.2, 0.25) is 5.91 Å². The van der Waals surface area contributed by atoms with E-state index < -0.39 is 23.5 Å².